The van der Waals surface area contributed by atoms with E-state index in [-0.39, 0.29) is 11.2 Å². The largest absolute Gasteiger partial charge is 0.378 e. The van der Waals surface area contributed by atoms with E-state index in [0.717, 1.165) is 36.9 Å². The Morgan fingerprint density at radius 1 is 1.08 bits per heavy atom. The molecular formula is C21H26N2O2S. The maximum atomic E-state index is 12.5. The summed E-state index contributed by atoms with van der Waals surface area (Å²) in [4.78, 5) is 15.9. The van der Waals surface area contributed by atoms with Crippen LogP contribution in [0.4, 0.5) is 11.4 Å². The molecule has 0 bridgehead atoms. The standard InChI is InChI=1S/C21H26N2O2S/c1-15-4-9-20(14-16(15)2)26-17(3)21(24)22-18-5-7-19(8-6-18)23-10-12-25-13-11-23/h4-9,14,17H,10-13H2,1-3H3,(H,22,24)/t17-/m1/s1. The molecule has 0 radical (unpaired) electrons. The maximum Gasteiger partial charge on any atom is 0.237 e. The average molecular weight is 371 g/mol. The molecule has 1 aliphatic rings. The Balaban J connectivity index is 1.57. The molecule has 138 valence electrons. The van der Waals surface area contributed by atoms with Crippen molar-refractivity contribution in [3.05, 3.63) is 53.6 Å². The monoisotopic (exact) mass is 370 g/mol. The third-order valence-electron chi connectivity index (χ3n) is 4.67. The van der Waals surface area contributed by atoms with Crippen LogP contribution in [0.3, 0.4) is 0 Å². The molecule has 26 heavy (non-hydrogen) atoms. The summed E-state index contributed by atoms with van der Waals surface area (Å²) in [7, 11) is 0. The number of nitrogens with one attached hydrogen (secondary N) is 1. The van der Waals surface area contributed by atoms with Crippen molar-refractivity contribution in [2.45, 2.75) is 30.9 Å². The number of hydrogen-bond acceptors (Lipinski definition) is 4. The highest BCUT2D eigenvalue weighted by Gasteiger charge is 2.16. The Hall–Kier alpha value is -1.98. The quantitative estimate of drug-likeness (QED) is 0.799. The van der Waals surface area contributed by atoms with E-state index in [4.69, 9.17) is 4.74 Å². The molecule has 0 aliphatic carbocycles. The van der Waals surface area contributed by atoms with Crippen LogP contribution in [0.5, 0.6) is 0 Å². The van der Waals surface area contributed by atoms with Crippen molar-refractivity contribution in [1.29, 1.82) is 0 Å². The molecular weight excluding hydrogens is 344 g/mol. The van der Waals surface area contributed by atoms with Gasteiger partial charge in [-0.25, -0.2) is 0 Å². The molecule has 2 aromatic rings. The molecule has 0 spiro atoms. The SMILES string of the molecule is Cc1ccc(S[C@H](C)C(=O)Nc2ccc(N3CCOCC3)cc2)cc1C. The van der Waals surface area contributed by atoms with Gasteiger partial charge in [0.05, 0.1) is 18.5 Å². The predicted molar refractivity (Wildman–Crippen MR) is 109 cm³/mol. The van der Waals surface area contributed by atoms with Crippen LogP contribution >= 0.6 is 11.8 Å². The Labute approximate surface area is 159 Å². The van der Waals surface area contributed by atoms with E-state index in [2.05, 4.69) is 54.4 Å². The fourth-order valence-corrected chi connectivity index (χ4v) is 3.83. The lowest BCUT2D eigenvalue weighted by molar-refractivity contribution is -0.115. The van der Waals surface area contributed by atoms with Gasteiger partial charge in [0.1, 0.15) is 0 Å². The summed E-state index contributed by atoms with van der Waals surface area (Å²) in [5.41, 5.74) is 4.52. The van der Waals surface area contributed by atoms with Gasteiger partial charge in [-0.05, 0) is 68.3 Å². The van der Waals surface area contributed by atoms with Crippen molar-refractivity contribution in [2.75, 3.05) is 36.5 Å². The molecule has 1 aliphatic heterocycles. The van der Waals surface area contributed by atoms with Crippen LogP contribution in [0.2, 0.25) is 0 Å². The zero-order valence-electron chi connectivity index (χ0n) is 15.6. The number of aryl methyl sites for hydroxylation is 2. The van der Waals surface area contributed by atoms with E-state index in [0.29, 0.717) is 0 Å². The second-order valence-corrected chi connectivity index (χ2v) is 8.06. The summed E-state index contributed by atoms with van der Waals surface area (Å²) >= 11 is 1.59. The number of anilines is 2. The fraction of sp³-hybridized carbons (Fsp3) is 0.381. The van der Waals surface area contributed by atoms with Crippen LogP contribution in [-0.2, 0) is 9.53 Å². The number of nitrogens with zero attached hydrogens (tertiary/aromatic N) is 1. The van der Waals surface area contributed by atoms with E-state index >= 15 is 0 Å². The third-order valence-corrected chi connectivity index (χ3v) is 5.77. The molecule has 2 aromatic carbocycles. The molecule has 4 nitrogen and oxygen atoms in total. The number of carbonyl (C=O) groups is 1. The Bertz CT molecular complexity index is 755. The van der Waals surface area contributed by atoms with Crippen LogP contribution in [0, 0.1) is 13.8 Å². The number of ether oxygens (including phenoxy) is 1. The minimum Gasteiger partial charge on any atom is -0.378 e. The van der Waals surface area contributed by atoms with Gasteiger partial charge in [-0.3, -0.25) is 4.79 Å². The van der Waals surface area contributed by atoms with E-state index in [9.17, 15) is 4.79 Å². The number of carbonyl (C=O) groups excluding carboxylic acids is 1. The van der Waals surface area contributed by atoms with Gasteiger partial charge in [0.2, 0.25) is 5.91 Å². The van der Waals surface area contributed by atoms with Gasteiger partial charge in [-0.1, -0.05) is 6.07 Å². The Morgan fingerprint density at radius 3 is 2.42 bits per heavy atom. The van der Waals surface area contributed by atoms with Crippen molar-refractivity contribution in [3.8, 4) is 0 Å². The summed E-state index contributed by atoms with van der Waals surface area (Å²) in [6, 6.07) is 14.4. The zero-order chi connectivity index (χ0) is 18.5. The molecule has 3 rings (SSSR count). The molecule has 1 atom stereocenters. The zero-order valence-corrected chi connectivity index (χ0v) is 16.4. The maximum absolute atomic E-state index is 12.5. The summed E-state index contributed by atoms with van der Waals surface area (Å²) in [5, 5.41) is 2.86. The molecule has 5 heteroatoms. The van der Waals surface area contributed by atoms with Crippen LogP contribution in [0.15, 0.2) is 47.4 Å². The summed E-state index contributed by atoms with van der Waals surface area (Å²) in [6.07, 6.45) is 0. The van der Waals surface area contributed by atoms with E-state index in [1.54, 1.807) is 11.8 Å². The topological polar surface area (TPSA) is 41.6 Å². The molecule has 1 saturated heterocycles. The van der Waals surface area contributed by atoms with Gasteiger partial charge in [0.25, 0.3) is 0 Å². The number of thioether (sulfide) groups is 1. The van der Waals surface area contributed by atoms with Gasteiger partial charge in [-0.15, -0.1) is 11.8 Å². The Kier molecular flexibility index (Phi) is 6.22. The predicted octanol–water partition coefficient (Wildman–Crippen LogP) is 4.26. The third kappa shape index (κ3) is 4.80. The lowest BCUT2D eigenvalue weighted by Gasteiger charge is -2.28. The first-order valence-corrected chi connectivity index (χ1v) is 9.88. The Morgan fingerprint density at radius 2 is 1.77 bits per heavy atom. The number of benzene rings is 2. The van der Waals surface area contributed by atoms with Crippen LogP contribution in [0.25, 0.3) is 0 Å². The lowest BCUT2D eigenvalue weighted by Crippen LogP contribution is -2.36. The fourth-order valence-electron chi connectivity index (χ4n) is 2.87. The number of rotatable bonds is 5. The van der Waals surface area contributed by atoms with E-state index in [1.807, 2.05) is 19.1 Å². The van der Waals surface area contributed by atoms with Crippen molar-refractivity contribution in [1.82, 2.24) is 0 Å². The van der Waals surface area contributed by atoms with Gasteiger partial charge in [0.15, 0.2) is 0 Å². The average Bonchev–Trinajstić information content (AvgIpc) is 2.66. The van der Waals surface area contributed by atoms with Crippen molar-refractivity contribution in [2.24, 2.45) is 0 Å². The van der Waals surface area contributed by atoms with Gasteiger partial charge in [-0.2, -0.15) is 0 Å². The van der Waals surface area contributed by atoms with Crippen LogP contribution in [0.1, 0.15) is 18.1 Å². The first-order chi connectivity index (χ1) is 12.5. The van der Waals surface area contributed by atoms with Gasteiger partial charge < -0.3 is 15.0 Å². The first-order valence-electron chi connectivity index (χ1n) is 9.00. The van der Waals surface area contributed by atoms with E-state index < -0.39 is 0 Å². The first kappa shape index (κ1) is 18.8. The van der Waals surface area contributed by atoms with Crippen molar-refractivity contribution >= 4 is 29.0 Å². The number of hydrogen-bond donors (Lipinski definition) is 1. The van der Waals surface area contributed by atoms with Crippen molar-refractivity contribution in [3.63, 3.8) is 0 Å². The highest BCUT2D eigenvalue weighted by molar-refractivity contribution is 8.00. The summed E-state index contributed by atoms with van der Waals surface area (Å²) in [6.45, 7) is 9.50. The molecule has 1 N–H and O–H groups in total. The second-order valence-electron chi connectivity index (χ2n) is 6.64. The highest BCUT2D eigenvalue weighted by atomic mass is 32.2. The minimum atomic E-state index is -0.156. The van der Waals surface area contributed by atoms with Gasteiger partial charge >= 0.3 is 0 Å². The van der Waals surface area contributed by atoms with Crippen LogP contribution in [-0.4, -0.2) is 37.5 Å². The molecule has 0 unspecified atom stereocenters. The lowest BCUT2D eigenvalue weighted by atomic mass is 10.1. The summed E-state index contributed by atoms with van der Waals surface area (Å²) < 4.78 is 5.39. The molecule has 0 aromatic heterocycles. The molecule has 1 fully saturated rings. The molecule has 1 heterocycles. The smallest absolute Gasteiger partial charge is 0.237 e. The molecule has 1 amide bonds. The minimum absolute atomic E-state index is 0.0207. The highest BCUT2D eigenvalue weighted by Crippen LogP contribution is 2.26. The van der Waals surface area contributed by atoms with Crippen LogP contribution < -0.4 is 10.2 Å². The normalized spacial score (nSPS) is 15.6. The number of amides is 1. The van der Waals surface area contributed by atoms with E-state index in [1.165, 1.54) is 16.8 Å². The molecule has 0 saturated carbocycles. The summed E-state index contributed by atoms with van der Waals surface area (Å²) in [5.74, 6) is 0.0207. The van der Waals surface area contributed by atoms with Crippen molar-refractivity contribution < 1.29 is 9.53 Å². The second kappa shape index (κ2) is 8.60. The number of morpholine rings is 1. The van der Waals surface area contributed by atoms with Gasteiger partial charge in [0, 0.05) is 29.4 Å².